The first kappa shape index (κ1) is 12.5. The van der Waals surface area contributed by atoms with Crippen LogP contribution in [0.3, 0.4) is 0 Å². The van der Waals surface area contributed by atoms with E-state index in [4.69, 9.17) is 4.99 Å². The van der Waals surface area contributed by atoms with Crippen LogP contribution in [0.2, 0.25) is 0 Å². The molecule has 2 nitrogen and oxygen atoms in total. The Bertz CT molecular complexity index is 438. The van der Waals surface area contributed by atoms with Crippen LogP contribution in [-0.4, -0.2) is 17.0 Å². The van der Waals surface area contributed by atoms with E-state index < -0.39 is 0 Å². The highest BCUT2D eigenvalue weighted by Crippen LogP contribution is 2.26. The van der Waals surface area contributed by atoms with E-state index in [2.05, 4.69) is 51.2 Å². The fraction of sp³-hybridized carbons (Fsp3) is 0.500. The highest BCUT2D eigenvalue weighted by molar-refractivity contribution is 8.14. The monoisotopic (exact) mass is 248 g/mol. The van der Waals surface area contributed by atoms with Crippen LogP contribution in [0, 0.1) is 19.8 Å². The average molecular weight is 248 g/mol. The van der Waals surface area contributed by atoms with Crippen LogP contribution in [0.4, 0.5) is 5.69 Å². The van der Waals surface area contributed by atoms with Gasteiger partial charge in [-0.3, -0.25) is 4.99 Å². The standard InChI is InChI=1S/C14H20N2S/c1-9(2)13-8-17-14(16-13)15-12-7-5-6-10(3)11(12)4/h5-7,9,13H,8H2,1-4H3,(H,15,16)/t13-/m1/s1. The maximum atomic E-state index is 4.72. The molecule has 0 saturated carbocycles. The van der Waals surface area contributed by atoms with Gasteiger partial charge in [-0.05, 0) is 37.0 Å². The van der Waals surface area contributed by atoms with Crippen LogP contribution in [-0.2, 0) is 0 Å². The predicted molar refractivity (Wildman–Crippen MR) is 78.1 cm³/mol. The van der Waals surface area contributed by atoms with Gasteiger partial charge in [-0.25, -0.2) is 0 Å². The molecule has 92 valence electrons. The van der Waals surface area contributed by atoms with Crippen molar-refractivity contribution in [1.82, 2.24) is 0 Å². The van der Waals surface area contributed by atoms with E-state index in [1.165, 1.54) is 16.8 Å². The Morgan fingerprint density at radius 3 is 2.76 bits per heavy atom. The Balaban J connectivity index is 2.12. The molecule has 1 N–H and O–H groups in total. The third kappa shape index (κ3) is 2.83. The summed E-state index contributed by atoms with van der Waals surface area (Å²) in [5.41, 5.74) is 3.81. The number of rotatable bonds is 2. The summed E-state index contributed by atoms with van der Waals surface area (Å²) in [7, 11) is 0. The topological polar surface area (TPSA) is 24.4 Å². The zero-order valence-electron chi connectivity index (χ0n) is 10.9. The number of hydrogen-bond donors (Lipinski definition) is 1. The molecule has 0 spiro atoms. The molecule has 0 radical (unpaired) electrons. The third-order valence-electron chi connectivity index (χ3n) is 3.29. The summed E-state index contributed by atoms with van der Waals surface area (Å²) < 4.78 is 0. The quantitative estimate of drug-likeness (QED) is 0.860. The molecule has 0 fully saturated rings. The van der Waals surface area contributed by atoms with Crippen LogP contribution in [0.25, 0.3) is 0 Å². The Morgan fingerprint density at radius 1 is 1.35 bits per heavy atom. The van der Waals surface area contributed by atoms with E-state index in [0.717, 1.165) is 10.9 Å². The van der Waals surface area contributed by atoms with Gasteiger partial charge >= 0.3 is 0 Å². The number of thioether (sulfide) groups is 1. The summed E-state index contributed by atoms with van der Waals surface area (Å²) in [6.45, 7) is 8.75. The number of hydrogen-bond acceptors (Lipinski definition) is 3. The molecule has 3 heteroatoms. The van der Waals surface area contributed by atoms with Gasteiger partial charge in [0, 0.05) is 11.4 Å². The molecule has 1 aliphatic heterocycles. The van der Waals surface area contributed by atoms with Crippen molar-refractivity contribution in [2.45, 2.75) is 33.7 Å². The first-order valence-corrected chi connectivity index (χ1v) is 7.10. The molecule has 0 aliphatic carbocycles. The molecule has 2 rings (SSSR count). The number of aliphatic imine (C=N–C) groups is 1. The largest absolute Gasteiger partial charge is 0.335 e. The zero-order valence-corrected chi connectivity index (χ0v) is 11.8. The molecule has 1 aromatic rings. The van der Waals surface area contributed by atoms with Crippen LogP contribution in [0.15, 0.2) is 23.2 Å². The van der Waals surface area contributed by atoms with E-state index >= 15 is 0 Å². The molecular formula is C14H20N2S. The first-order chi connectivity index (χ1) is 8.08. The summed E-state index contributed by atoms with van der Waals surface area (Å²) in [5, 5.41) is 4.51. The van der Waals surface area contributed by atoms with Gasteiger partial charge in [-0.1, -0.05) is 37.7 Å². The molecule has 1 aliphatic rings. The van der Waals surface area contributed by atoms with Crippen LogP contribution < -0.4 is 5.32 Å². The van der Waals surface area contributed by atoms with E-state index in [-0.39, 0.29) is 0 Å². The lowest BCUT2D eigenvalue weighted by molar-refractivity contribution is 0.543. The van der Waals surface area contributed by atoms with E-state index in [0.29, 0.717) is 12.0 Å². The normalized spacial score (nSPS) is 19.6. The lowest BCUT2D eigenvalue weighted by Crippen LogP contribution is -2.12. The number of anilines is 1. The predicted octanol–water partition coefficient (Wildman–Crippen LogP) is 3.84. The van der Waals surface area contributed by atoms with Crippen molar-refractivity contribution in [3.05, 3.63) is 29.3 Å². The molecule has 0 aromatic heterocycles. The summed E-state index contributed by atoms with van der Waals surface area (Å²) in [6, 6.07) is 6.81. The summed E-state index contributed by atoms with van der Waals surface area (Å²) >= 11 is 1.83. The second-order valence-electron chi connectivity index (χ2n) is 4.93. The number of benzene rings is 1. The maximum Gasteiger partial charge on any atom is 0.161 e. The summed E-state index contributed by atoms with van der Waals surface area (Å²) in [6.07, 6.45) is 0. The Hall–Kier alpha value is -0.960. The minimum atomic E-state index is 0.465. The molecule has 17 heavy (non-hydrogen) atoms. The van der Waals surface area contributed by atoms with E-state index in [9.17, 15) is 0 Å². The molecule has 0 bridgehead atoms. The Labute approximate surface area is 108 Å². The highest BCUT2D eigenvalue weighted by atomic mass is 32.2. The maximum absolute atomic E-state index is 4.72. The van der Waals surface area contributed by atoms with Crippen LogP contribution >= 0.6 is 11.8 Å². The van der Waals surface area contributed by atoms with Gasteiger partial charge in [-0.2, -0.15) is 0 Å². The lowest BCUT2D eigenvalue weighted by Gasteiger charge is -2.10. The van der Waals surface area contributed by atoms with E-state index in [1.807, 2.05) is 11.8 Å². The van der Waals surface area contributed by atoms with Crippen molar-refractivity contribution in [3.63, 3.8) is 0 Å². The fourth-order valence-electron chi connectivity index (χ4n) is 1.80. The van der Waals surface area contributed by atoms with Gasteiger partial charge < -0.3 is 5.32 Å². The minimum Gasteiger partial charge on any atom is -0.335 e. The van der Waals surface area contributed by atoms with Gasteiger partial charge in [0.15, 0.2) is 5.17 Å². The van der Waals surface area contributed by atoms with Crippen LogP contribution in [0.5, 0.6) is 0 Å². The van der Waals surface area contributed by atoms with E-state index in [1.54, 1.807) is 0 Å². The van der Waals surface area contributed by atoms with Crippen LogP contribution in [0.1, 0.15) is 25.0 Å². The zero-order chi connectivity index (χ0) is 12.4. The van der Waals surface area contributed by atoms with Crippen molar-refractivity contribution in [2.24, 2.45) is 10.9 Å². The van der Waals surface area contributed by atoms with Crippen molar-refractivity contribution >= 4 is 22.6 Å². The minimum absolute atomic E-state index is 0.465. The second-order valence-corrected chi connectivity index (χ2v) is 5.94. The number of nitrogens with zero attached hydrogens (tertiary/aromatic N) is 1. The summed E-state index contributed by atoms with van der Waals surface area (Å²) in [4.78, 5) is 4.72. The Kier molecular flexibility index (Phi) is 3.77. The molecular weight excluding hydrogens is 228 g/mol. The third-order valence-corrected chi connectivity index (χ3v) is 4.28. The second kappa shape index (κ2) is 5.13. The molecule has 1 atom stereocenters. The fourth-order valence-corrected chi connectivity index (χ4v) is 2.98. The first-order valence-electron chi connectivity index (χ1n) is 6.11. The van der Waals surface area contributed by atoms with Crippen molar-refractivity contribution in [3.8, 4) is 0 Å². The average Bonchev–Trinajstić information content (AvgIpc) is 2.73. The summed E-state index contributed by atoms with van der Waals surface area (Å²) in [5.74, 6) is 1.73. The molecule has 0 amide bonds. The molecule has 0 saturated heterocycles. The molecule has 1 aromatic carbocycles. The highest BCUT2D eigenvalue weighted by Gasteiger charge is 2.21. The molecule has 0 unspecified atom stereocenters. The Morgan fingerprint density at radius 2 is 2.12 bits per heavy atom. The number of amidine groups is 1. The van der Waals surface area contributed by atoms with Gasteiger partial charge in [0.05, 0.1) is 6.04 Å². The molecule has 1 heterocycles. The van der Waals surface area contributed by atoms with Crippen molar-refractivity contribution in [1.29, 1.82) is 0 Å². The SMILES string of the molecule is Cc1cccc(NC2=N[C@@H](C(C)C)CS2)c1C. The smallest absolute Gasteiger partial charge is 0.161 e. The van der Waals surface area contributed by atoms with Gasteiger partial charge in [0.1, 0.15) is 0 Å². The van der Waals surface area contributed by atoms with Gasteiger partial charge in [-0.15, -0.1) is 0 Å². The van der Waals surface area contributed by atoms with Gasteiger partial charge in [0.2, 0.25) is 0 Å². The number of aryl methyl sites for hydroxylation is 1. The van der Waals surface area contributed by atoms with Gasteiger partial charge in [0.25, 0.3) is 0 Å². The van der Waals surface area contributed by atoms with Crippen molar-refractivity contribution in [2.75, 3.05) is 11.1 Å². The van der Waals surface area contributed by atoms with Crippen molar-refractivity contribution < 1.29 is 0 Å². The number of nitrogens with one attached hydrogen (secondary N) is 1. The lowest BCUT2D eigenvalue weighted by atomic mass is 10.1.